The van der Waals surface area contributed by atoms with Crippen molar-refractivity contribution in [2.75, 3.05) is 24.6 Å². The summed E-state index contributed by atoms with van der Waals surface area (Å²) in [6.45, 7) is 2.90. The van der Waals surface area contributed by atoms with E-state index in [1.807, 2.05) is 18.2 Å². The lowest BCUT2D eigenvalue weighted by Crippen LogP contribution is -2.61. The van der Waals surface area contributed by atoms with Crippen LogP contribution in [-0.4, -0.2) is 153 Å². The van der Waals surface area contributed by atoms with E-state index in [1.54, 1.807) is 26.1 Å². The Hall–Kier alpha value is -7.39. The Balaban J connectivity index is 1.46. The third kappa shape index (κ3) is 17.1. The summed E-state index contributed by atoms with van der Waals surface area (Å²) in [4.78, 5) is 153. The summed E-state index contributed by atoms with van der Waals surface area (Å²) in [6, 6.07) is 1.91. The van der Waals surface area contributed by atoms with Gasteiger partial charge in [0.05, 0.1) is 19.0 Å². The number of carbonyl (C=O) groups is 11. The third-order valence-corrected chi connectivity index (χ3v) is 15.1. The summed E-state index contributed by atoms with van der Waals surface area (Å²) in [6.07, 6.45) is 0.672. The summed E-state index contributed by atoms with van der Waals surface area (Å²) in [5.41, 5.74) is 24.6. The molecule has 5 rings (SSSR count). The predicted octanol–water partition coefficient (Wildman–Crippen LogP) is -2.93. The van der Waals surface area contributed by atoms with Crippen LogP contribution in [0.2, 0.25) is 0 Å². The number of phenols is 1. The lowest BCUT2D eigenvalue weighted by atomic mass is 9.96. The molecule has 406 valence electrons. The van der Waals surface area contributed by atoms with Gasteiger partial charge < -0.3 is 75.1 Å². The van der Waals surface area contributed by atoms with E-state index < -0.39 is 145 Å². The third-order valence-electron chi connectivity index (χ3n) is 12.7. The van der Waals surface area contributed by atoms with E-state index in [1.165, 1.54) is 29.2 Å². The van der Waals surface area contributed by atoms with E-state index in [-0.39, 0.29) is 43.1 Å². The molecule has 75 heavy (non-hydrogen) atoms. The molecular weight excluding hydrogens is 1010 g/mol. The van der Waals surface area contributed by atoms with Crippen LogP contribution in [0.1, 0.15) is 63.5 Å². The molecule has 0 bridgehead atoms. The topological polar surface area (TPSA) is 415 Å². The van der Waals surface area contributed by atoms with Crippen LogP contribution in [-0.2, 0) is 65.6 Å². The second-order valence-electron chi connectivity index (χ2n) is 18.3. The van der Waals surface area contributed by atoms with Crippen molar-refractivity contribution in [3.05, 3.63) is 65.9 Å². The number of nitrogens with zero attached hydrogens (tertiary/aromatic N) is 1. The molecule has 3 heterocycles. The van der Waals surface area contributed by atoms with Crippen LogP contribution < -0.4 is 60.2 Å². The number of hydrogen-bond acceptors (Lipinski definition) is 15. The number of H-pyrrole nitrogens is 1. The van der Waals surface area contributed by atoms with Gasteiger partial charge in [-0.1, -0.05) is 72.2 Å². The first kappa shape index (κ1) is 58.5. The number of likely N-dealkylation sites (tertiary alicyclic amines) is 1. The number of rotatable bonds is 17. The Kier molecular flexibility index (Phi) is 21.7. The quantitative estimate of drug-likeness (QED) is 0.0602. The zero-order chi connectivity index (χ0) is 54.9. The highest BCUT2D eigenvalue weighted by molar-refractivity contribution is 8.76. The molecule has 2 aliphatic heterocycles. The van der Waals surface area contributed by atoms with Gasteiger partial charge in [0.1, 0.15) is 48.0 Å². The number of aromatic hydroxyl groups is 1. The van der Waals surface area contributed by atoms with Crippen molar-refractivity contribution in [2.45, 2.75) is 114 Å². The highest BCUT2D eigenvalue weighted by atomic mass is 33.1. The van der Waals surface area contributed by atoms with Gasteiger partial charge in [0.25, 0.3) is 0 Å². The molecule has 17 N–H and O–H groups in total. The minimum Gasteiger partial charge on any atom is -0.508 e. The molecule has 2 aromatic carbocycles. The van der Waals surface area contributed by atoms with Crippen LogP contribution in [0.5, 0.6) is 5.75 Å². The van der Waals surface area contributed by atoms with Crippen molar-refractivity contribution in [3.8, 4) is 5.75 Å². The molecular formula is C48H65N13O12S2. The number of nitrogens with two attached hydrogens (primary N) is 4. The average Bonchev–Trinajstić information content (AvgIpc) is 4.04. The van der Waals surface area contributed by atoms with E-state index in [4.69, 9.17) is 22.9 Å². The molecule has 11 amide bonds. The zero-order valence-corrected chi connectivity index (χ0v) is 43.0. The lowest BCUT2D eigenvalue weighted by molar-refractivity contribution is -0.142. The van der Waals surface area contributed by atoms with Crippen molar-refractivity contribution < 1.29 is 57.8 Å². The fraction of sp³-hybridized carbons (Fsp3) is 0.479. The number of hydrogen-bond donors (Lipinski definition) is 13. The smallest absolute Gasteiger partial charge is 0.246 e. The number of nitrogens with one attached hydrogen (secondary N) is 8. The van der Waals surface area contributed by atoms with Crippen LogP contribution in [0, 0.1) is 5.92 Å². The Bertz CT molecular complexity index is 2600. The normalized spacial score (nSPS) is 23.3. The lowest BCUT2D eigenvalue weighted by Gasteiger charge is -2.31. The fourth-order valence-corrected chi connectivity index (χ4v) is 10.6. The van der Waals surface area contributed by atoms with Crippen LogP contribution >= 0.6 is 21.6 Å². The first-order chi connectivity index (χ1) is 35.6. The van der Waals surface area contributed by atoms with Crippen molar-refractivity contribution in [1.29, 1.82) is 0 Å². The molecule has 27 heteroatoms. The number of para-hydroxylation sites is 1. The number of aromatic amines is 1. The molecule has 0 unspecified atom stereocenters. The van der Waals surface area contributed by atoms with Gasteiger partial charge in [0, 0.05) is 54.4 Å². The molecule has 9 atom stereocenters. The van der Waals surface area contributed by atoms with Gasteiger partial charge in [-0.2, -0.15) is 0 Å². The Labute approximate surface area is 439 Å². The van der Waals surface area contributed by atoms with Gasteiger partial charge in [-0.3, -0.25) is 52.7 Å². The van der Waals surface area contributed by atoms with Gasteiger partial charge in [0.15, 0.2) is 0 Å². The summed E-state index contributed by atoms with van der Waals surface area (Å²) in [7, 11) is 2.03. The minimum atomic E-state index is -1.77. The van der Waals surface area contributed by atoms with Gasteiger partial charge in [0.2, 0.25) is 65.0 Å². The molecule has 2 fully saturated rings. The minimum absolute atomic E-state index is 0.0202. The average molecular weight is 1080 g/mol. The summed E-state index contributed by atoms with van der Waals surface area (Å²) >= 11 is 0. The maximum absolute atomic E-state index is 14.7. The fourth-order valence-electron chi connectivity index (χ4n) is 8.37. The number of fused-ring (bicyclic) bond motifs is 1. The monoisotopic (exact) mass is 1080 g/mol. The second-order valence-corrected chi connectivity index (χ2v) is 20.9. The van der Waals surface area contributed by atoms with Crippen molar-refractivity contribution >= 4 is 97.5 Å². The Morgan fingerprint density at radius 2 is 1.44 bits per heavy atom. The van der Waals surface area contributed by atoms with Crippen molar-refractivity contribution in [3.63, 3.8) is 0 Å². The molecule has 2 aliphatic rings. The molecule has 0 radical (unpaired) electrons. The Morgan fingerprint density at radius 1 is 0.787 bits per heavy atom. The first-order valence-electron chi connectivity index (χ1n) is 24.2. The molecule has 3 aromatic rings. The molecule has 0 saturated carbocycles. The van der Waals surface area contributed by atoms with Crippen LogP contribution in [0.15, 0.2) is 54.7 Å². The standard InChI is InChI=1S/C48H65N13O12S2/c1-3-24(2)40-47(72)55-31(14-15-37(50)63)43(68)57-34(19-38(51)64)44(69)59-35(23-75-74-22-29(49)41(66)56-32(45(70)60-40)17-25-10-12-27(62)13-11-25)48(73)61-16-6-9-36(61)46(71)58-33(42(67)54-21-39(52)65)18-26-20-53-30-8-5-4-7-28(26)30/h4-5,7-8,10-13,20,24,29,31-36,40,53,62H,3,6,9,14-19,21-23,49H2,1-2H3,(H2,50,63)(H2,51,64)(H2,52,65)(H,54,67)(H,55,72)(H,56,66)(H,57,68)(H,58,71)(H,59,69)(H,60,70)/t24-,29-,31-,32-,33-,34+,35-,36+,40-/m0/s1. The van der Waals surface area contributed by atoms with Crippen LogP contribution in [0.3, 0.4) is 0 Å². The maximum Gasteiger partial charge on any atom is 0.246 e. The summed E-state index contributed by atoms with van der Waals surface area (Å²) in [5.74, 6) is -10.5. The van der Waals surface area contributed by atoms with Crippen molar-refractivity contribution in [2.24, 2.45) is 28.9 Å². The summed E-state index contributed by atoms with van der Waals surface area (Å²) < 4.78 is 0. The van der Waals surface area contributed by atoms with Crippen molar-refractivity contribution in [1.82, 2.24) is 47.1 Å². The van der Waals surface area contributed by atoms with Gasteiger partial charge in [-0.05, 0) is 54.5 Å². The molecule has 25 nitrogen and oxygen atoms in total. The SMILES string of the molecule is CC[C@H](C)[C@@H]1NC(=O)[C@H](Cc2ccc(O)cc2)NC(=O)[C@@H](N)CSSC[C@@H](C(=O)N2CCC[C@@H]2C(=O)N[C@@H](Cc2c[nH]c3ccccc23)C(=O)NCC(N)=O)NC(=O)[C@@H](CC(N)=O)NC(=O)[C@H](CCC(N)=O)NC1=O. The number of amides is 11. The number of carbonyl (C=O) groups excluding carboxylic acids is 11. The van der Waals surface area contributed by atoms with Gasteiger partial charge >= 0.3 is 0 Å². The van der Waals surface area contributed by atoms with Gasteiger partial charge in [-0.25, -0.2) is 0 Å². The van der Waals surface area contributed by atoms with E-state index in [0.29, 0.717) is 24.0 Å². The molecule has 0 aliphatic carbocycles. The molecule has 2 saturated heterocycles. The zero-order valence-electron chi connectivity index (χ0n) is 41.4. The second kappa shape index (κ2) is 27.8. The van der Waals surface area contributed by atoms with E-state index in [9.17, 15) is 57.8 Å². The largest absolute Gasteiger partial charge is 0.508 e. The highest BCUT2D eigenvalue weighted by Crippen LogP contribution is 2.26. The number of aromatic nitrogens is 1. The Morgan fingerprint density at radius 3 is 2.12 bits per heavy atom. The maximum atomic E-state index is 14.7. The summed E-state index contributed by atoms with van der Waals surface area (Å²) in [5, 5.41) is 28.7. The van der Waals surface area contributed by atoms with E-state index in [2.05, 4.69) is 42.2 Å². The first-order valence-corrected chi connectivity index (χ1v) is 26.7. The van der Waals surface area contributed by atoms with Crippen LogP contribution in [0.25, 0.3) is 10.9 Å². The van der Waals surface area contributed by atoms with Crippen LogP contribution in [0.4, 0.5) is 0 Å². The number of primary amides is 3. The number of phenolic OH excluding ortho intramolecular Hbond substituents is 1. The van der Waals surface area contributed by atoms with E-state index in [0.717, 1.165) is 32.5 Å². The predicted molar refractivity (Wildman–Crippen MR) is 277 cm³/mol. The highest BCUT2D eigenvalue weighted by Gasteiger charge is 2.41. The van der Waals surface area contributed by atoms with E-state index >= 15 is 0 Å². The molecule has 1 aromatic heterocycles. The number of benzene rings is 2. The molecule has 0 spiro atoms. The van der Waals surface area contributed by atoms with Gasteiger partial charge in [-0.15, -0.1) is 0 Å².